The summed E-state index contributed by atoms with van der Waals surface area (Å²) in [6, 6.07) is 7.39. The van der Waals surface area contributed by atoms with Crippen molar-refractivity contribution < 1.29 is 4.42 Å². The molecule has 0 N–H and O–H groups in total. The van der Waals surface area contributed by atoms with Crippen molar-refractivity contribution >= 4 is 33.0 Å². The largest absolute Gasteiger partial charge is 0.423 e. The Morgan fingerprint density at radius 3 is 2.84 bits per heavy atom. The number of oxazole rings is 1. The van der Waals surface area contributed by atoms with Gasteiger partial charge in [0.25, 0.3) is 6.01 Å². The average molecular weight is 322 g/mol. The lowest BCUT2D eigenvalue weighted by atomic mass is 10.1. The molecule has 3 fully saturated rings. The van der Waals surface area contributed by atoms with Crippen LogP contribution in [0.15, 0.2) is 27.1 Å². The third-order valence-electron chi connectivity index (χ3n) is 4.24. The summed E-state index contributed by atoms with van der Waals surface area (Å²) in [4.78, 5) is 9.56. The van der Waals surface area contributed by atoms with E-state index in [0.29, 0.717) is 6.04 Å². The van der Waals surface area contributed by atoms with Gasteiger partial charge in [0.1, 0.15) is 5.52 Å². The number of hydrogen-bond acceptors (Lipinski definition) is 4. The molecule has 0 spiro atoms. The van der Waals surface area contributed by atoms with E-state index in [1.807, 2.05) is 18.2 Å². The third-order valence-corrected chi connectivity index (χ3v) is 4.73. The van der Waals surface area contributed by atoms with Gasteiger partial charge in [0, 0.05) is 36.7 Å². The third kappa shape index (κ3) is 2.05. The van der Waals surface area contributed by atoms with E-state index in [-0.39, 0.29) is 0 Å². The Kier molecular flexibility index (Phi) is 2.77. The predicted octanol–water partition coefficient (Wildman–Crippen LogP) is 2.87. The van der Waals surface area contributed by atoms with Crippen molar-refractivity contribution in [1.82, 2.24) is 9.88 Å². The molecule has 0 saturated carbocycles. The highest BCUT2D eigenvalue weighted by Crippen LogP contribution is 2.30. The summed E-state index contributed by atoms with van der Waals surface area (Å²) in [6.07, 6.45) is 2.45. The number of fused-ring (bicyclic) bond motifs is 5. The molecule has 1 aromatic heterocycles. The predicted molar refractivity (Wildman–Crippen MR) is 78.5 cm³/mol. The summed E-state index contributed by atoms with van der Waals surface area (Å²) in [5.74, 6) is 0. The number of benzene rings is 1. The monoisotopic (exact) mass is 321 g/mol. The Morgan fingerprint density at radius 1 is 1.16 bits per heavy atom. The van der Waals surface area contributed by atoms with Crippen LogP contribution >= 0.6 is 15.9 Å². The van der Waals surface area contributed by atoms with Crippen molar-refractivity contribution in [1.29, 1.82) is 0 Å². The second kappa shape index (κ2) is 4.49. The summed E-state index contributed by atoms with van der Waals surface area (Å²) in [6.45, 7) is 4.58. The molecule has 3 aliphatic rings. The topological polar surface area (TPSA) is 32.5 Å². The van der Waals surface area contributed by atoms with Gasteiger partial charge in [-0.05, 0) is 31.0 Å². The van der Waals surface area contributed by atoms with Gasteiger partial charge in [-0.25, -0.2) is 0 Å². The molecule has 2 bridgehead atoms. The first kappa shape index (κ1) is 11.7. The minimum Gasteiger partial charge on any atom is -0.423 e. The molecule has 19 heavy (non-hydrogen) atoms. The maximum absolute atomic E-state index is 5.96. The van der Waals surface area contributed by atoms with Crippen LogP contribution in [0.5, 0.6) is 0 Å². The first-order valence-corrected chi connectivity index (χ1v) is 7.64. The molecule has 0 amide bonds. The van der Waals surface area contributed by atoms with Gasteiger partial charge >= 0.3 is 0 Å². The first-order valence-electron chi connectivity index (χ1n) is 6.85. The molecule has 3 aliphatic heterocycles. The van der Waals surface area contributed by atoms with Gasteiger partial charge in [0.2, 0.25) is 0 Å². The lowest BCUT2D eigenvalue weighted by Gasteiger charge is -2.30. The molecule has 1 aromatic carbocycles. The van der Waals surface area contributed by atoms with Crippen molar-refractivity contribution in [2.24, 2.45) is 0 Å². The highest BCUT2D eigenvalue weighted by Gasteiger charge is 2.31. The maximum Gasteiger partial charge on any atom is 0.298 e. The molecule has 0 atom stereocenters. The molecule has 2 aromatic rings. The van der Waals surface area contributed by atoms with Gasteiger partial charge in [-0.3, -0.25) is 0 Å². The first-order chi connectivity index (χ1) is 9.29. The van der Waals surface area contributed by atoms with Crippen LogP contribution in [0.1, 0.15) is 12.8 Å². The Morgan fingerprint density at radius 2 is 2.00 bits per heavy atom. The lowest BCUT2D eigenvalue weighted by molar-refractivity contribution is 0.249. The van der Waals surface area contributed by atoms with Gasteiger partial charge in [-0.1, -0.05) is 15.9 Å². The fourth-order valence-electron chi connectivity index (χ4n) is 3.15. The summed E-state index contributed by atoms with van der Waals surface area (Å²) < 4.78 is 6.99. The second-order valence-corrected chi connectivity index (χ2v) is 6.29. The minimum atomic E-state index is 0.593. The lowest BCUT2D eigenvalue weighted by Crippen LogP contribution is -2.38. The molecule has 5 rings (SSSR count). The Balaban J connectivity index is 1.72. The molecule has 100 valence electrons. The van der Waals surface area contributed by atoms with E-state index < -0.39 is 0 Å². The standard InChI is InChI=1S/C14H16BrN3O/c15-10-1-2-12-13(9-10)19-14(16-12)18-8-7-17-5-3-11(18)4-6-17/h1-2,9,11H,3-8H2. The van der Waals surface area contributed by atoms with E-state index in [4.69, 9.17) is 4.42 Å². The summed E-state index contributed by atoms with van der Waals surface area (Å²) in [7, 11) is 0. The van der Waals surface area contributed by atoms with Crippen LogP contribution < -0.4 is 4.90 Å². The van der Waals surface area contributed by atoms with Gasteiger partial charge in [-0.15, -0.1) is 0 Å². The van der Waals surface area contributed by atoms with Crippen LogP contribution in [0.4, 0.5) is 6.01 Å². The van der Waals surface area contributed by atoms with Gasteiger partial charge in [-0.2, -0.15) is 4.98 Å². The summed E-state index contributed by atoms with van der Waals surface area (Å²) >= 11 is 3.47. The van der Waals surface area contributed by atoms with Crippen LogP contribution in [0.25, 0.3) is 11.1 Å². The molecule has 3 saturated heterocycles. The zero-order chi connectivity index (χ0) is 12.8. The van der Waals surface area contributed by atoms with Crippen molar-refractivity contribution in [3.63, 3.8) is 0 Å². The van der Waals surface area contributed by atoms with E-state index in [1.165, 1.54) is 25.9 Å². The number of rotatable bonds is 1. The molecule has 0 unspecified atom stereocenters. The Bertz CT molecular complexity index is 604. The number of nitrogens with zero attached hydrogens (tertiary/aromatic N) is 3. The summed E-state index contributed by atoms with van der Waals surface area (Å²) in [5.41, 5.74) is 1.81. The zero-order valence-electron chi connectivity index (χ0n) is 10.7. The van der Waals surface area contributed by atoms with Crippen LogP contribution in [0.2, 0.25) is 0 Å². The number of aromatic nitrogens is 1. The van der Waals surface area contributed by atoms with Crippen LogP contribution in [0.3, 0.4) is 0 Å². The normalized spacial score (nSPS) is 26.9. The Labute approximate surface area is 120 Å². The van der Waals surface area contributed by atoms with Gasteiger partial charge < -0.3 is 14.2 Å². The molecular formula is C14H16BrN3O. The number of piperidine rings is 1. The zero-order valence-corrected chi connectivity index (χ0v) is 12.3. The molecule has 4 heterocycles. The van der Waals surface area contributed by atoms with Gasteiger partial charge in [0.15, 0.2) is 5.58 Å². The maximum atomic E-state index is 5.96. The Hall–Kier alpha value is -1.07. The van der Waals surface area contributed by atoms with E-state index in [1.54, 1.807) is 0 Å². The van der Waals surface area contributed by atoms with Gasteiger partial charge in [0.05, 0.1) is 0 Å². The van der Waals surface area contributed by atoms with Crippen molar-refractivity contribution in [2.75, 3.05) is 31.1 Å². The van der Waals surface area contributed by atoms with Crippen LogP contribution in [-0.2, 0) is 0 Å². The van der Waals surface area contributed by atoms with Crippen LogP contribution in [-0.4, -0.2) is 42.1 Å². The quantitative estimate of drug-likeness (QED) is 0.808. The van der Waals surface area contributed by atoms with E-state index in [2.05, 4.69) is 30.7 Å². The minimum absolute atomic E-state index is 0.593. The highest BCUT2D eigenvalue weighted by molar-refractivity contribution is 9.10. The van der Waals surface area contributed by atoms with E-state index in [0.717, 1.165) is 34.7 Å². The molecule has 0 radical (unpaired) electrons. The van der Waals surface area contributed by atoms with E-state index >= 15 is 0 Å². The molecule has 0 aliphatic carbocycles. The molecule has 5 heteroatoms. The van der Waals surface area contributed by atoms with Crippen LogP contribution in [0, 0.1) is 0 Å². The SMILES string of the molecule is Brc1ccc2nc(N3CCN4CCC3CC4)oc2c1. The smallest absolute Gasteiger partial charge is 0.298 e. The summed E-state index contributed by atoms with van der Waals surface area (Å²) in [5, 5.41) is 0. The van der Waals surface area contributed by atoms with E-state index in [9.17, 15) is 0 Å². The second-order valence-electron chi connectivity index (χ2n) is 5.37. The fraction of sp³-hybridized carbons (Fsp3) is 0.500. The molecule has 4 nitrogen and oxygen atoms in total. The average Bonchev–Trinajstić information content (AvgIpc) is 2.61. The number of anilines is 1. The highest BCUT2D eigenvalue weighted by atomic mass is 79.9. The number of hydrogen-bond donors (Lipinski definition) is 0. The van der Waals surface area contributed by atoms with Crippen molar-refractivity contribution in [3.8, 4) is 0 Å². The van der Waals surface area contributed by atoms with Crippen molar-refractivity contribution in [3.05, 3.63) is 22.7 Å². The fourth-order valence-corrected chi connectivity index (χ4v) is 3.49. The van der Waals surface area contributed by atoms with Crippen molar-refractivity contribution in [2.45, 2.75) is 18.9 Å². The number of halogens is 1. The molecular weight excluding hydrogens is 306 g/mol.